The Bertz CT molecular complexity index is 1120. The van der Waals surface area contributed by atoms with Gasteiger partial charge in [-0.2, -0.15) is 0 Å². The highest BCUT2D eigenvalue weighted by Gasteiger charge is 2.24. The number of piperazine rings is 1. The van der Waals surface area contributed by atoms with E-state index in [9.17, 15) is 14.7 Å². The Morgan fingerprint density at radius 3 is 2.38 bits per heavy atom. The second-order valence-corrected chi connectivity index (χ2v) is 10.0. The number of Topliss-reactive ketones (excluding diaryl/α,β-unsaturated/α-hetero) is 1. The average molecular weight is 510 g/mol. The summed E-state index contributed by atoms with van der Waals surface area (Å²) >= 11 is 0. The van der Waals surface area contributed by atoms with Crippen LogP contribution in [0.25, 0.3) is 0 Å². The average Bonchev–Trinajstić information content (AvgIpc) is 2.90. The molecule has 0 bridgehead atoms. The lowest BCUT2D eigenvalue weighted by Crippen LogP contribution is -2.45. The maximum Gasteiger partial charge on any atom is 0.271 e. The minimum absolute atomic E-state index is 0.0574. The van der Waals surface area contributed by atoms with E-state index in [1.165, 1.54) is 0 Å². The number of aliphatic hydroxyl groups is 1. The van der Waals surface area contributed by atoms with Gasteiger partial charge >= 0.3 is 0 Å². The molecule has 1 saturated carbocycles. The molecule has 0 radical (unpaired) electrons. The Hall–Kier alpha value is -3.24. The Kier molecular flexibility index (Phi) is 8.60. The Morgan fingerprint density at radius 2 is 1.76 bits per heavy atom. The van der Waals surface area contributed by atoms with Crippen LogP contribution in [-0.4, -0.2) is 77.0 Å². The quantitative estimate of drug-likeness (QED) is 0.376. The fourth-order valence-corrected chi connectivity index (χ4v) is 4.99. The molecule has 2 aromatic rings. The molecule has 0 spiro atoms. The molecule has 2 fully saturated rings. The van der Waals surface area contributed by atoms with Crippen molar-refractivity contribution < 1.29 is 14.7 Å². The third kappa shape index (κ3) is 6.37. The largest absolute Gasteiger partial charge is 0.393 e. The van der Waals surface area contributed by atoms with Gasteiger partial charge in [0.15, 0.2) is 17.3 Å². The van der Waals surface area contributed by atoms with Crippen LogP contribution in [0.5, 0.6) is 0 Å². The first-order chi connectivity index (χ1) is 17.8. The van der Waals surface area contributed by atoms with E-state index in [-0.39, 0.29) is 29.4 Å². The molecule has 1 aromatic carbocycles. The van der Waals surface area contributed by atoms with Gasteiger partial charge in [0, 0.05) is 55.6 Å². The number of hydrogen-bond donors (Lipinski definition) is 4. The summed E-state index contributed by atoms with van der Waals surface area (Å²) in [6.07, 6.45) is 3.88. The van der Waals surface area contributed by atoms with Gasteiger partial charge in [0.2, 0.25) is 0 Å². The molecule has 0 unspecified atom stereocenters. The third-order valence-corrected chi connectivity index (χ3v) is 7.30. The summed E-state index contributed by atoms with van der Waals surface area (Å²) in [7, 11) is 2.10. The number of amides is 1. The Labute approximate surface area is 218 Å². The molecule has 10 nitrogen and oxygen atoms in total. The number of hydrogen-bond acceptors (Lipinski definition) is 9. The topological polar surface area (TPSA) is 137 Å². The van der Waals surface area contributed by atoms with Gasteiger partial charge in [-0.3, -0.25) is 9.59 Å². The summed E-state index contributed by atoms with van der Waals surface area (Å²) in [6.45, 7) is 7.41. The second kappa shape index (κ2) is 11.9. The third-order valence-electron chi connectivity index (χ3n) is 7.30. The summed E-state index contributed by atoms with van der Waals surface area (Å²) in [5.41, 5.74) is 8.62. The SMILES string of the molecule is CCC(=O)c1cc(Nc2nc(NC3CCC(O)CC3)c(CC)nc2C(N)=O)ccc1N1CCN(C)CC1. The van der Waals surface area contributed by atoms with Crippen LogP contribution in [0.15, 0.2) is 18.2 Å². The van der Waals surface area contributed by atoms with E-state index in [0.717, 1.165) is 57.5 Å². The number of aliphatic hydroxyl groups excluding tert-OH is 1. The predicted molar refractivity (Wildman–Crippen MR) is 146 cm³/mol. The molecular weight excluding hydrogens is 470 g/mol. The highest BCUT2D eigenvalue weighted by molar-refractivity contribution is 6.02. The highest BCUT2D eigenvalue weighted by atomic mass is 16.3. The van der Waals surface area contributed by atoms with Crippen LogP contribution in [-0.2, 0) is 6.42 Å². The van der Waals surface area contributed by atoms with Crippen molar-refractivity contribution in [2.45, 2.75) is 64.5 Å². The van der Waals surface area contributed by atoms with E-state index in [4.69, 9.17) is 10.7 Å². The number of nitrogens with one attached hydrogen (secondary N) is 2. The monoisotopic (exact) mass is 509 g/mol. The van der Waals surface area contributed by atoms with Gasteiger partial charge < -0.3 is 31.3 Å². The number of carbonyl (C=O) groups is 2. The number of nitrogens with zero attached hydrogens (tertiary/aromatic N) is 4. The predicted octanol–water partition coefficient (Wildman–Crippen LogP) is 2.94. The molecule has 5 N–H and O–H groups in total. The van der Waals surface area contributed by atoms with E-state index in [2.05, 4.69) is 32.5 Å². The van der Waals surface area contributed by atoms with E-state index in [1.807, 2.05) is 32.0 Å². The maximum absolute atomic E-state index is 12.9. The van der Waals surface area contributed by atoms with Gasteiger partial charge in [-0.15, -0.1) is 0 Å². The molecular formula is C27H39N7O3. The molecule has 0 atom stereocenters. The van der Waals surface area contributed by atoms with E-state index in [0.29, 0.717) is 35.6 Å². The van der Waals surface area contributed by atoms with Crippen molar-refractivity contribution in [1.82, 2.24) is 14.9 Å². The van der Waals surface area contributed by atoms with Crippen molar-refractivity contribution >= 4 is 34.7 Å². The van der Waals surface area contributed by atoms with Crippen molar-refractivity contribution in [3.8, 4) is 0 Å². The fraction of sp³-hybridized carbons (Fsp3) is 0.556. The smallest absolute Gasteiger partial charge is 0.271 e. The van der Waals surface area contributed by atoms with Crippen molar-refractivity contribution in [3.05, 3.63) is 35.2 Å². The van der Waals surface area contributed by atoms with Crippen LogP contribution < -0.4 is 21.3 Å². The zero-order chi connectivity index (χ0) is 26.5. The number of likely N-dealkylation sites (N-methyl/N-ethyl adjacent to an activating group) is 1. The van der Waals surface area contributed by atoms with Crippen molar-refractivity contribution in [2.75, 3.05) is 48.8 Å². The summed E-state index contributed by atoms with van der Waals surface area (Å²) in [4.78, 5) is 39.0. The first kappa shape index (κ1) is 26.8. The number of anilines is 4. The molecule has 2 aliphatic rings. The van der Waals surface area contributed by atoms with Crippen LogP contribution in [0.3, 0.4) is 0 Å². The maximum atomic E-state index is 12.9. The van der Waals surface area contributed by atoms with Crippen LogP contribution in [0, 0.1) is 0 Å². The summed E-state index contributed by atoms with van der Waals surface area (Å²) in [5, 5.41) is 16.5. The minimum Gasteiger partial charge on any atom is -0.393 e. The normalized spacial score (nSPS) is 20.5. The van der Waals surface area contributed by atoms with Gasteiger partial charge in [0.1, 0.15) is 5.82 Å². The standard InChI is InChI=1S/C27H39N7O3/c1-4-21-26(29-17-6-9-19(35)10-7-17)32-27(24(31-21)25(28)37)30-18-8-11-22(20(16-18)23(36)5-2)34-14-12-33(3)13-15-34/h8,11,16-17,19,35H,4-7,9-10,12-15H2,1-3H3,(H2,28,37)(H2,29,30,32). The fourth-order valence-electron chi connectivity index (χ4n) is 4.99. The summed E-state index contributed by atoms with van der Waals surface area (Å²) in [6, 6.07) is 5.86. The lowest BCUT2D eigenvalue weighted by molar-refractivity contribution is 0.0983. The zero-order valence-electron chi connectivity index (χ0n) is 22.1. The first-order valence-corrected chi connectivity index (χ1v) is 13.3. The summed E-state index contributed by atoms with van der Waals surface area (Å²) < 4.78 is 0. The van der Waals surface area contributed by atoms with Gasteiger partial charge in [0.05, 0.1) is 11.8 Å². The molecule has 37 heavy (non-hydrogen) atoms. The van der Waals surface area contributed by atoms with E-state index >= 15 is 0 Å². The van der Waals surface area contributed by atoms with E-state index < -0.39 is 5.91 Å². The number of ketones is 1. The first-order valence-electron chi connectivity index (χ1n) is 13.3. The number of nitrogens with two attached hydrogens (primary N) is 1. The van der Waals surface area contributed by atoms with Crippen molar-refractivity contribution in [1.29, 1.82) is 0 Å². The van der Waals surface area contributed by atoms with Crippen LogP contribution >= 0.6 is 0 Å². The van der Waals surface area contributed by atoms with Crippen LogP contribution in [0.2, 0.25) is 0 Å². The molecule has 1 amide bonds. The molecule has 10 heteroatoms. The van der Waals surface area contributed by atoms with E-state index in [1.54, 1.807) is 0 Å². The lowest BCUT2D eigenvalue weighted by Gasteiger charge is -2.35. The molecule has 4 rings (SSSR count). The number of carbonyl (C=O) groups excluding carboxylic acids is 2. The molecule has 200 valence electrons. The second-order valence-electron chi connectivity index (χ2n) is 10.0. The lowest BCUT2D eigenvalue weighted by atomic mass is 9.93. The molecule has 1 saturated heterocycles. The molecule has 1 aliphatic carbocycles. The van der Waals surface area contributed by atoms with Gasteiger partial charge in [-0.25, -0.2) is 9.97 Å². The van der Waals surface area contributed by atoms with Gasteiger partial charge in [-0.05, 0) is 57.4 Å². The van der Waals surface area contributed by atoms with Gasteiger partial charge in [0.25, 0.3) is 5.91 Å². The Morgan fingerprint density at radius 1 is 1.05 bits per heavy atom. The van der Waals surface area contributed by atoms with Crippen LogP contribution in [0.4, 0.5) is 23.0 Å². The number of benzene rings is 1. The van der Waals surface area contributed by atoms with Crippen LogP contribution in [0.1, 0.15) is 72.5 Å². The van der Waals surface area contributed by atoms with Gasteiger partial charge in [-0.1, -0.05) is 13.8 Å². The number of aryl methyl sites for hydroxylation is 1. The Balaban J connectivity index is 1.65. The molecule has 1 aromatic heterocycles. The molecule has 1 aliphatic heterocycles. The number of primary amides is 1. The number of rotatable bonds is 9. The highest BCUT2D eigenvalue weighted by Crippen LogP contribution is 2.30. The zero-order valence-corrected chi connectivity index (χ0v) is 22.1. The molecule has 2 heterocycles. The van der Waals surface area contributed by atoms with Crippen molar-refractivity contribution in [3.63, 3.8) is 0 Å². The van der Waals surface area contributed by atoms with Crippen molar-refractivity contribution in [2.24, 2.45) is 5.73 Å². The minimum atomic E-state index is -0.670. The summed E-state index contributed by atoms with van der Waals surface area (Å²) in [5.74, 6) is 0.249. The number of aromatic nitrogens is 2.